The molecule has 3 aliphatic rings. The summed E-state index contributed by atoms with van der Waals surface area (Å²) in [6.45, 7) is 4.19. The van der Waals surface area contributed by atoms with E-state index in [9.17, 15) is 14.4 Å². The Morgan fingerprint density at radius 3 is 2.50 bits per heavy atom. The molecule has 1 aromatic rings. The molecule has 4 rings (SSSR count). The quantitative estimate of drug-likeness (QED) is 0.752. The van der Waals surface area contributed by atoms with E-state index in [1.165, 1.54) is 0 Å². The van der Waals surface area contributed by atoms with Crippen LogP contribution in [0, 0.1) is 0 Å². The van der Waals surface area contributed by atoms with E-state index in [0.29, 0.717) is 11.3 Å². The van der Waals surface area contributed by atoms with Crippen molar-refractivity contribution in [3.05, 3.63) is 23.5 Å². The first kappa shape index (κ1) is 19.5. The molecule has 0 bridgehead atoms. The maximum Gasteiger partial charge on any atom is 0.270 e. The summed E-state index contributed by atoms with van der Waals surface area (Å²) in [5.74, 6) is 2.09. The van der Waals surface area contributed by atoms with Gasteiger partial charge in [-0.05, 0) is 38.3 Å². The fourth-order valence-electron chi connectivity index (χ4n) is 4.33. The van der Waals surface area contributed by atoms with Crippen LogP contribution in [0.4, 0.5) is 0 Å². The number of hydrogen-bond acceptors (Lipinski definition) is 5. The number of carbonyl (C=O) groups excluding carboxylic acids is 3. The van der Waals surface area contributed by atoms with Gasteiger partial charge in [-0.15, -0.1) is 0 Å². The minimum atomic E-state index is -0.184. The van der Waals surface area contributed by atoms with Crippen molar-refractivity contribution < 1.29 is 14.4 Å². The molecule has 1 unspecified atom stereocenters. The van der Waals surface area contributed by atoms with Crippen molar-refractivity contribution in [2.24, 2.45) is 0 Å². The topological polar surface area (TPSA) is 76.7 Å². The Hall–Kier alpha value is -1.80. The summed E-state index contributed by atoms with van der Waals surface area (Å²) < 4.78 is 0. The second-order valence-corrected chi connectivity index (χ2v) is 9.02. The monoisotopic (exact) mass is 404 g/mol. The third-order valence-electron chi connectivity index (χ3n) is 5.95. The van der Waals surface area contributed by atoms with Crippen molar-refractivity contribution in [2.75, 3.05) is 50.8 Å². The Labute approximate surface area is 169 Å². The van der Waals surface area contributed by atoms with E-state index >= 15 is 0 Å². The van der Waals surface area contributed by atoms with Gasteiger partial charge in [0, 0.05) is 49.4 Å². The minimum Gasteiger partial charge on any atom is -0.356 e. The van der Waals surface area contributed by atoms with Crippen LogP contribution >= 0.6 is 11.8 Å². The summed E-state index contributed by atoms with van der Waals surface area (Å²) in [7, 11) is 0. The number of H-pyrrole nitrogens is 1. The highest BCUT2D eigenvalue weighted by Gasteiger charge is 2.35. The smallest absolute Gasteiger partial charge is 0.270 e. The lowest BCUT2D eigenvalue weighted by molar-refractivity contribution is -0.135. The molecule has 1 N–H and O–H groups in total. The lowest BCUT2D eigenvalue weighted by Crippen LogP contribution is -2.49. The molecule has 1 atom stereocenters. The number of nitrogens with zero attached hydrogens (tertiary/aromatic N) is 3. The highest BCUT2D eigenvalue weighted by molar-refractivity contribution is 7.99. The molecule has 0 spiro atoms. The molecule has 152 valence electrons. The number of amides is 2. The van der Waals surface area contributed by atoms with E-state index < -0.39 is 0 Å². The number of aromatic amines is 1. The van der Waals surface area contributed by atoms with Crippen LogP contribution < -0.4 is 0 Å². The molecule has 3 aliphatic heterocycles. The fourth-order valence-corrected chi connectivity index (χ4v) is 5.24. The van der Waals surface area contributed by atoms with Crippen molar-refractivity contribution in [1.82, 2.24) is 19.7 Å². The van der Waals surface area contributed by atoms with Crippen LogP contribution in [0.5, 0.6) is 0 Å². The normalized spacial score (nSPS) is 23.4. The third kappa shape index (κ3) is 4.12. The van der Waals surface area contributed by atoms with Gasteiger partial charge in [0.05, 0.1) is 12.6 Å². The molecule has 3 fully saturated rings. The van der Waals surface area contributed by atoms with Gasteiger partial charge in [0.1, 0.15) is 5.69 Å². The Balaban J connectivity index is 1.37. The lowest BCUT2D eigenvalue weighted by Gasteiger charge is -2.32. The van der Waals surface area contributed by atoms with Crippen LogP contribution in [0.1, 0.15) is 46.5 Å². The average Bonchev–Trinajstić information content (AvgIpc) is 3.49. The van der Waals surface area contributed by atoms with E-state index in [2.05, 4.69) is 4.98 Å². The van der Waals surface area contributed by atoms with Crippen LogP contribution in [0.15, 0.2) is 12.3 Å². The second-order valence-electron chi connectivity index (χ2n) is 7.79. The molecule has 0 radical (unpaired) electrons. The Morgan fingerprint density at radius 1 is 1.00 bits per heavy atom. The number of thioether (sulfide) groups is 1. The first-order valence-corrected chi connectivity index (χ1v) is 11.4. The predicted molar refractivity (Wildman–Crippen MR) is 109 cm³/mol. The zero-order valence-electron chi connectivity index (χ0n) is 16.2. The minimum absolute atomic E-state index is 0.0336. The molecule has 2 amide bonds. The molecule has 28 heavy (non-hydrogen) atoms. The molecule has 3 saturated heterocycles. The molecular formula is C20H28N4O3S. The first-order chi connectivity index (χ1) is 13.6. The van der Waals surface area contributed by atoms with Crippen LogP contribution in [-0.4, -0.2) is 94.1 Å². The van der Waals surface area contributed by atoms with E-state index in [0.717, 1.165) is 69.9 Å². The lowest BCUT2D eigenvalue weighted by atomic mass is 10.1. The maximum absolute atomic E-state index is 12.9. The van der Waals surface area contributed by atoms with Gasteiger partial charge in [0.2, 0.25) is 5.91 Å². The van der Waals surface area contributed by atoms with Crippen LogP contribution in [0.25, 0.3) is 0 Å². The summed E-state index contributed by atoms with van der Waals surface area (Å²) in [4.78, 5) is 46.9. The fraction of sp³-hybridized carbons (Fsp3) is 0.650. The molecule has 8 heteroatoms. The maximum atomic E-state index is 12.9. The van der Waals surface area contributed by atoms with E-state index in [1.54, 1.807) is 12.3 Å². The van der Waals surface area contributed by atoms with E-state index in [-0.39, 0.29) is 30.2 Å². The Kier molecular flexibility index (Phi) is 6.06. The van der Waals surface area contributed by atoms with Crippen molar-refractivity contribution in [1.29, 1.82) is 0 Å². The summed E-state index contributed by atoms with van der Waals surface area (Å²) >= 11 is 1.88. The van der Waals surface area contributed by atoms with Gasteiger partial charge < -0.3 is 14.8 Å². The average molecular weight is 405 g/mol. The molecule has 7 nitrogen and oxygen atoms in total. The van der Waals surface area contributed by atoms with Crippen molar-refractivity contribution >= 4 is 29.4 Å². The molecule has 4 heterocycles. The number of rotatable bonds is 5. The van der Waals surface area contributed by atoms with Crippen molar-refractivity contribution in [2.45, 2.75) is 31.7 Å². The number of Topliss-reactive ketones (excluding diaryl/α,β-unsaturated/α-hetero) is 1. The van der Waals surface area contributed by atoms with E-state index in [4.69, 9.17) is 0 Å². The molecular weight excluding hydrogens is 376 g/mol. The number of aromatic nitrogens is 1. The summed E-state index contributed by atoms with van der Waals surface area (Å²) in [5, 5.41) is 0. The van der Waals surface area contributed by atoms with Gasteiger partial charge in [-0.3, -0.25) is 19.3 Å². The zero-order chi connectivity index (χ0) is 19.5. The van der Waals surface area contributed by atoms with Crippen LogP contribution in [0.3, 0.4) is 0 Å². The van der Waals surface area contributed by atoms with Gasteiger partial charge in [0.15, 0.2) is 5.78 Å². The Bertz CT molecular complexity index is 738. The van der Waals surface area contributed by atoms with E-state index in [1.807, 2.05) is 26.5 Å². The molecule has 0 aliphatic carbocycles. The van der Waals surface area contributed by atoms with Gasteiger partial charge >= 0.3 is 0 Å². The highest BCUT2D eigenvalue weighted by atomic mass is 32.2. The molecule has 0 saturated carbocycles. The summed E-state index contributed by atoms with van der Waals surface area (Å²) in [6.07, 6.45) is 5.47. The second kappa shape index (κ2) is 8.69. The predicted octanol–water partition coefficient (Wildman–Crippen LogP) is 1.47. The van der Waals surface area contributed by atoms with Crippen LogP contribution in [0.2, 0.25) is 0 Å². The first-order valence-electron chi connectivity index (χ1n) is 10.2. The van der Waals surface area contributed by atoms with Gasteiger partial charge in [0.25, 0.3) is 5.91 Å². The number of hydrogen-bond donors (Lipinski definition) is 1. The van der Waals surface area contributed by atoms with Crippen LogP contribution in [-0.2, 0) is 4.79 Å². The van der Waals surface area contributed by atoms with Gasteiger partial charge in [-0.2, -0.15) is 11.8 Å². The van der Waals surface area contributed by atoms with Gasteiger partial charge in [-0.25, -0.2) is 0 Å². The Morgan fingerprint density at radius 2 is 1.75 bits per heavy atom. The molecule has 0 aromatic carbocycles. The SMILES string of the molecule is O=C(CN1CCCC1C(=O)N1CCSCC1)c1c[nH]c(C(=O)N2CCCC2)c1. The summed E-state index contributed by atoms with van der Waals surface area (Å²) in [6, 6.07) is 1.48. The number of likely N-dealkylation sites (tertiary alicyclic amines) is 2. The van der Waals surface area contributed by atoms with Crippen molar-refractivity contribution in [3.63, 3.8) is 0 Å². The van der Waals surface area contributed by atoms with Crippen molar-refractivity contribution in [3.8, 4) is 0 Å². The third-order valence-corrected chi connectivity index (χ3v) is 6.89. The van der Waals surface area contributed by atoms with Gasteiger partial charge in [-0.1, -0.05) is 0 Å². The zero-order valence-corrected chi connectivity index (χ0v) is 17.0. The standard InChI is InChI=1S/C20H28N4O3S/c25-18(15-12-16(21-13-15)19(26)22-5-1-2-6-22)14-24-7-3-4-17(24)20(27)23-8-10-28-11-9-23/h12-13,17,21H,1-11,14H2. The molecule has 1 aromatic heterocycles. The number of carbonyl (C=O) groups is 3. The number of nitrogens with one attached hydrogen (secondary N) is 1. The summed E-state index contributed by atoms with van der Waals surface area (Å²) in [5.41, 5.74) is 1.00. The highest BCUT2D eigenvalue weighted by Crippen LogP contribution is 2.22. The number of ketones is 1. The largest absolute Gasteiger partial charge is 0.356 e.